The first-order valence-electron chi connectivity index (χ1n) is 5.30. The van der Waals surface area contributed by atoms with E-state index in [0.29, 0.717) is 6.61 Å². The number of hydrogen-bond acceptors (Lipinski definition) is 4. The summed E-state index contributed by atoms with van der Waals surface area (Å²) in [5.74, 6) is 0.486. The average molecular weight is 302 g/mol. The first kappa shape index (κ1) is 14.0. The molecule has 0 aliphatic heterocycles. The van der Waals surface area contributed by atoms with Gasteiger partial charge in [-0.05, 0) is 30.8 Å². The first-order valence-corrected chi connectivity index (χ1v) is 6.09. The summed E-state index contributed by atoms with van der Waals surface area (Å²) < 4.78 is 11.0. The molecule has 4 nitrogen and oxygen atoms in total. The molecule has 5 heteroatoms. The van der Waals surface area contributed by atoms with Crippen molar-refractivity contribution in [2.24, 2.45) is 0 Å². The molecule has 0 saturated carbocycles. The van der Waals surface area contributed by atoms with Gasteiger partial charge in [-0.2, -0.15) is 0 Å². The van der Waals surface area contributed by atoms with E-state index in [-0.39, 0.29) is 12.4 Å². The minimum Gasteiger partial charge on any atom is -0.493 e. The number of hydrogen-bond donors (Lipinski definition) is 1. The highest BCUT2D eigenvalue weighted by atomic mass is 79.9. The molecule has 0 aromatic heterocycles. The summed E-state index contributed by atoms with van der Waals surface area (Å²) in [7, 11) is 3.25. The van der Waals surface area contributed by atoms with Crippen LogP contribution in [0.5, 0.6) is 5.75 Å². The van der Waals surface area contributed by atoms with Crippen LogP contribution in [0.1, 0.15) is 12.0 Å². The Morgan fingerprint density at radius 1 is 1.47 bits per heavy atom. The van der Waals surface area contributed by atoms with Crippen LogP contribution in [0.4, 0.5) is 0 Å². The standard InChI is InChI=1S/C12H16BrNO3/c1-14-8-9-7-10(3-4-11(9)13)17-6-5-12(15)16-2/h3-4,7,14H,5-6,8H2,1-2H3. The molecule has 1 N–H and O–H groups in total. The molecular formula is C12H16BrNO3. The van der Waals surface area contributed by atoms with Crippen molar-refractivity contribution in [3.63, 3.8) is 0 Å². The largest absolute Gasteiger partial charge is 0.493 e. The quantitative estimate of drug-likeness (QED) is 0.818. The van der Waals surface area contributed by atoms with E-state index in [4.69, 9.17) is 4.74 Å². The highest BCUT2D eigenvalue weighted by Crippen LogP contribution is 2.22. The minimum absolute atomic E-state index is 0.258. The number of methoxy groups -OCH3 is 1. The maximum atomic E-state index is 10.9. The van der Waals surface area contributed by atoms with Crippen LogP contribution < -0.4 is 10.1 Å². The maximum absolute atomic E-state index is 10.9. The number of rotatable bonds is 6. The molecule has 1 rings (SSSR count). The molecule has 0 aliphatic carbocycles. The van der Waals surface area contributed by atoms with E-state index in [2.05, 4.69) is 26.0 Å². The Morgan fingerprint density at radius 3 is 2.88 bits per heavy atom. The van der Waals surface area contributed by atoms with E-state index >= 15 is 0 Å². The molecule has 0 aliphatic rings. The molecule has 0 amide bonds. The van der Waals surface area contributed by atoms with E-state index in [1.165, 1.54) is 7.11 Å². The van der Waals surface area contributed by atoms with E-state index < -0.39 is 0 Å². The molecule has 0 radical (unpaired) electrons. The molecule has 0 fully saturated rings. The lowest BCUT2D eigenvalue weighted by molar-refractivity contribution is -0.141. The summed E-state index contributed by atoms with van der Waals surface area (Å²) in [4.78, 5) is 10.9. The van der Waals surface area contributed by atoms with Gasteiger partial charge in [0.25, 0.3) is 0 Å². The zero-order valence-electron chi connectivity index (χ0n) is 9.96. The summed E-state index contributed by atoms with van der Waals surface area (Å²) >= 11 is 3.46. The second kappa shape index (κ2) is 7.29. The Kier molecular flexibility index (Phi) is 6.00. The Bertz CT molecular complexity index is 382. The second-order valence-corrected chi connectivity index (χ2v) is 4.31. The summed E-state index contributed by atoms with van der Waals surface area (Å²) in [5, 5.41) is 3.08. The molecule has 0 atom stereocenters. The fourth-order valence-electron chi connectivity index (χ4n) is 1.32. The third kappa shape index (κ3) is 4.75. The molecule has 1 aromatic carbocycles. The van der Waals surface area contributed by atoms with Crippen LogP contribution in [0.3, 0.4) is 0 Å². The Balaban J connectivity index is 2.53. The molecule has 1 aromatic rings. The SMILES string of the molecule is CNCc1cc(OCCC(=O)OC)ccc1Br. The van der Waals surface area contributed by atoms with Crippen LogP contribution in [0.25, 0.3) is 0 Å². The number of carbonyl (C=O) groups is 1. The Hall–Kier alpha value is -1.07. The van der Waals surface area contributed by atoms with Gasteiger partial charge in [-0.15, -0.1) is 0 Å². The average Bonchev–Trinajstić information content (AvgIpc) is 2.33. The van der Waals surface area contributed by atoms with Crippen LogP contribution in [-0.2, 0) is 16.1 Å². The molecule has 0 spiro atoms. The Labute approximate surface area is 109 Å². The predicted octanol–water partition coefficient (Wildman–Crippen LogP) is 2.11. The van der Waals surface area contributed by atoms with Crippen molar-refractivity contribution in [1.82, 2.24) is 5.32 Å². The third-order valence-electron chi connectivity index (χ3n) is 2.19. The number of benzene rings is 1. The van der Waals surface area contributed by atoms with Crippen molar-refractivity contribution in [2.45, 2.75) is 13.0 Å². The predicted molar refractivity (Wildman–Crippen MR) is 69.0 cm³/mol. The normalized spacial score (nSPS) is 10.1. The van der Waals surface area contributed by atoms with Crippen molar-refractivity contribution < 1.29 is 14.3 Å². The van der Waals surface area contributed by atoms with Gasteiger partial charge in [0.2, 0.25) is 0 Å². The van der Waals surface area contributed by atoms with Gasteiger partial charge in [0, 0.05) is 11.0 Å². The Morgan fingerprint density at radius 2 is 2.24 bits per heavy atom. The number of carbonyl (C=O) groups excluding carboxylic acids is 1. The number of ether oxygens (including phenoxy) is 2. The van der Waals surface area contributed by atoms with Gasteiger partial charge in [-0.1, -0.05) is 15.9 Å². The molecule has 17 heavy (non-hydrogen) atoms. The maximum Gasteiger partial charge on any atom is 0.308 e. The minimum atomic E-state index is -0.266. The lowest BCUT2D eigenvalue weighted by Crippen LogP contribution is -2.08. The summed E-state index contributed by atoms with van der Waals surface area (Å²) in [6.07, 6.45) is 0.258. The van der Waals surface area contributed by atoms with E-state index in [1.54, 1.807) is 0 Å². The lowest BCUT2D eigenvalue weighted by atomic mass is 10.2. The molecule has 94 valence electrons. The smallest absolute Gasteiger partial charge is 0.308 e. The number of nitrogens with one attached hydrogen (secondary N) is 1. The van der Waals surface area contributed by atoms with Crippen molar-refractivity contribution in [3.8, 4) is 5.75 Å². The van der Waals surface area contributed by atoms with Gasteiger partial charge in [-0.3, -0.25) is 4.79 Å². The first-order chi connectivity index (χ1) is 8.17. The van der Waals surface area contributed by atoms with E-state index in [9.17, 15) is 4.79 Å². The zero-order valence-corrected chi connectivity index (χ0v) is 11.5. The molecule has 0 heterocycles. The number of esters is 1. The highest BCUT2D eigenvalue weighted by Gasteiger charge is 2.04. The second-order valence-electron chi connectivity index (χ2n) is 3.46. The van der Waals surface area contributed by atoms with Crippen molar-refractivity contribution in [2.75, 3.05) is 20.8 Å². The van der Waals surface area contributed by atoms with Crippen molar-refractivity contribution >= 4 is 21.9 Å². The van der Waals surface area contributed by atoms with Crippen LogP contribution in [0.2, 0.25) is 0 Å². The van der Waals surface area contributed by atoms with Gasteiger partial charge >= 0.3 is 5.97 Å². The third-order valence-corrected chi connectivity index (χ3v) is 2.96. The number of halogens is 1. The van der Waals surface area contributed by atoms with Gasteiger partial charge in [-0.25, -0.2) is 0 Å². The topological polar surface area (TPSA) is 47.6 Å². The summed E-state index contributed by atoms with van der Waals surface area (Å²) in [6.45, 7) is 1.09. The lowest BCUT2D eigenvalue weighted by Gasteiger charge is -2.09. The highest BCUT2D eigenvalue weighted by molar-refractivity contribution is 9.10. The van der Waals surface area contributed by atoms with Gasteiger partial charge in [0.1, 0.15) is 5.75 Å². The van der Waals surface area contributed by atoms with Crippen LogP contribution in [0.15, 0.2) is 22.7 Å². The van der Waals surface area contributed by atoms with Gasteiger partial charge in [0.15, 0.2) is 0 Å². The van der Waals surface area contributed by atoms with Crippen molar-refractivity contribution in [3.05, 3.63) is 28.2 Å². The molecule has 0 saturated heterocycles. The van der Waals surface area contributed by atoms with Gasteiger partial charge < -0.3 is 14.8 Å². The fraction of sp³-hybridized carbons (Fsp3) is 0.417. The van der Waals surface area contributed by atoms with Crippen LogP contribution in [0, 0.1) is 0 Å². The molecular weight excluding hydrogens is 286 g/mol. The van der Waals surface area contributed by atoms with Crippen molar-refractivity contribution in [1.29, 1.82) is 0 Å². The summed E-state index contributed by atoms with van der Waals surface area (Å²) in [6, 6.07) is 5.73. The summed E-state index contributed by atoms with van der Waals surface area (Å²) in [5.41, 5.74) is 1.11. The van der Waals surface area contributed by atoms with E-state index in [0.717, 1.165) is 22.3 Å². The fourth-order valence-corrected chi connectivity index (χ4v) is 1.71. The van der Waals surface area contributed by atoms with Crippen LogP contribution >= 0.6 is 15.9 Å². The zero-order chi connectivity index (χ0) is 12.7. The molecule has 0 unspecified atom stereocenters. The monoisotopic (exact) mass is 301 g/mol. The van der Waals surface area contributed by atoms with E-state index in [1.807, 2.05) is 25.2 Å². The molecule has 0 bridgehead atoms. The van der Waals surface area contributed by atoms with Gasteiger partial charge in [0.05, 0.1) is 20.1 Å². The van der Waals surface area contributed by atoms with Crippen LogP contribution in [-0.4, -0.2) is 26.7 Å².